The average molecular weight is 583 g/mol. The predicted octanol–water partition coefficient (Wildman–Crippen LogP) is 4.46. The number of halogens is 6. The van der Waals surface area contributed by atoms with Gasteiger partial charge in [-0.3, -0.25) is 14.2 Å². The first kappa shape index (κ1) is 29.5. The minimum atomic E-state index is -4.74. The SMILES string of the molecule is Nc1cn[nH]c(=O)c1C(F)(F)F.Nc1nc(-c2cc3ncn(CCCCC4CC4)c(=O)c3cc2F)ncc1C(F)F. The van der Waals surface area contributed by atoms with E-state index in [2.05, 4.69) is 20.1 Å². The first-order chi connectivity index (χ1) is 19.4. The summed E-state index contributed by atoms with van der Waals surface area (Å²) in [6.45, 7) is 0.534. The number of nitrogens with two attached hydrogens (primary N) is 2. The Bertz CT molecular complexity index is 1670. The Balaban J connectivity index is 0.000000271. The molecule has 1 aromatic carbocycles. The van der Waals surface area contributed by atoms with Crippen LogP contribution in [0, 0.1) is 11.7 Å². The molecule has 10 nitrogen and oxygen atoms in total. The molecule has 1 saturated carbocycles. The van der Waals surface area contributed by atoms with Crippen molar-refractivity contribution in [2.45, 2.75) is 51.3 Å². The number of nitrogen functional groups attached to an aromatic ring is 2. The van der Waals surface area contributed by atoms with E-state index in [1.165, 1.54) is 36.2 Å². The van der Waals surface area contributed by atoms with Gasteiger partial charge in [-0.05, 0) is 24.5 Å². The van der Waals surface area contributed by atoms with E-state index in [1.807, 2.05) is 0 Å². The molecule has 4 aromatic rings. The van der Waals surface area contributed by atoms with Gasteiger partial charge in [-0.1, -0.05) is 25.7 Å². The second-order valence-electron chi connectivity index (χ2n) is 9.39. The van der Waals surface area contributed by atoms with Crippen LogP contribution in [0.4, 0.5) is 37.8 Å². The van der Waals surface area contributed by atoms with E-state index >= 15 is 0 Å². The number of aryl methyl sites for hydroxylation is 1. The minimum Gasteiger partial charge on any atom is -0.397 e. The Morgan fingerprint density at radius 3 is 2.39 bits per heavy atom. The van der Waals surface area contributed by atoms with Gasteiger partial charge in [0.25, 0.3) is 17.5 Å². The van der Waals surface area contributed by atoms with Gasteiger partial charge in [0.05, 0.1) is 40.2 Å². The van der Waals surface area contributed by atoms with E-state index < -0.39 is 46.6 Å². The fourth-order valence-electron chi connectivity index (χ4n) is 4.04. The van der Waals surface area contributed by atoms with Crippen LogP contribution < -0.4 is 22.6 Å². The number of aromatic amines is 1. The second-order valence-corrected chi connectivity index (χ2v) is 9.39. The summed E-state index contributed by atoms with van der Waals surface area (Å²) in [5.41, 5.74) is 6.41. The molecule has 41 heavy (non-hydrogen) atoms. The lowest BCUT2D eigenvalue weighted by molar-refractivity contribution is -0.138. The van der Waals surface area contributed by atoms with Crippen molar-refractivity contribution in [2.75, 3.05) is 11.5 Å². The molecule has 1 aliphatic carbocycles. The molecule has 0 saturated heterocycles. The van der Waals surface area contributed by atoms with E-state index in [9.17, 15) is 35.9 Å². The molecule has 218 valence electrons. The molecule has 0 atom stereocenters. The molecular weight excluding hydrogens is 558 g/mol. The van der Waals surface area contributed by atoms with Gasteiger partial charge in [0, 0.05) is 12.7 Å². The van der Waals surface area contributed by atoms with Crippen molar-refractivity contribution in [3.63, 3.8) is 0 Å². The van der Waals surface area contributed by atoms with Gasteiger partial charge >= 0.3 is 6.18 Å². The van der Waals surface area contributed by atoms with Crippen LogP contribution in [0.15, 0.2) is 40.4 Å². The van der Waals surface area contributed by atoms with Gasteiger partial charge < -0.3 is 11.5 Å². The van der Waals surface area contributed by atoms with Crippen LogP contribution in [-0.2, 0) is 12.7 Å². The third kappa shape index (κ3) is 6.99. The molecule has 5 N–H and O–H groups in total. The lowest BCUT2D eigenvalue weighted by atomic mass is 10.1. The summed E-state index contributed by atoms with van der Waals surface area (Å²) in [5, 5.41) is 4.88. The van der Waals surface area contributed by atoms with E-state index in [0.717, 1.165) is 37.2 Å². The molecule has 0 amide bonds. The van der Waals surface area contributed by atoms with E-state index in [-0.39, 0.29) is 27.9 Å². The normalized spacial score (nSPS) is 13.3. The highest BCUT2D eigenvalue weighted by Gasteiger charge is 2.36. The highest BCUT2D eigenvalue weighted by atomic mass is 19.4. The zero-order valence-corrected chi connectivity index (χ0v) is 21.3. The summed E-state index contributed by atoms with van der Waals surface area (Å²) in [4.78, 5) is 35.0. The maximum Gasteiger partial charge on any atom is 0.423 e. The first-order valence-corrected chi connectivity index (χ1v) is 12.4. The van der Waals surface area contributed by atoms with E-state index in [0.29, 0.717) is 6.54 Å². The van der Waals surface area contributed by atoms with Crippen LogP contribution in [0.25, 0.3) is 22.3 Å². The van der Waals surface area contributed by atoms with Crippen LogP contribution >= 0.6 is 0 Å². The Morgan fingerprint density at radius 1 is 1.07 bits per heavy atom. The number of hydrogen-bond acceptors (Lipinski definition) is 8. The van der Waals surface area contributed by atoms with Crippen LogP contribution in [-0.4, -0.2) is 29.7 Å². The Morgan fingerprint density at radius 2 is 1.80 bits per heavy atom. The van der Waals surface area contributed by atoms with Crippen molar-refractivity contribution in [3.05, 3.63) is 68.5 Å². The summed E-state index contributed by atoms with van der Waals surface area (Å²) in [5.74, 6) is -0.455. The maximum absolute atomic E-state index is 14.7. The van der Waals surface area contributed by atoms with Crippen molar-refractivity contribution in [1.82, 2.24) is 29.7 Å². The molecule has 16 heteroatoms. The van der Waals surface area contributed by atoms with Gasteiger partial charge in [-0.25, -0.2) is 33.2 Å². The van der Waals surface area contributed by atoms with E-state index in [4.69, 9.17) is 11.5 Å². The van der Waals surface area contributed by atoms with Gasteiger partial charge in [0.2, 0.25) is 0 Å². The van der Waals surface area contributed by atoms with Gasteiger partial charge in [0.15, 0.2) is 5.82 Å². The molecule has 1 aliphatic rings. The minimum absolute atomic E-state index is 0.0564. The summed E-state index contributed by atoms with van der Waals surface area (Å²) in [6, 6.07) is 2.42. The summed E-state index contributed by atoms with van der Waals surface area (Å²) < 4.78 is 77.7. The number of benzene rings is 1. The maximum atomic E-state index is 14.7. The number of H-pyrrole nitrogens is 1. The number of nitrogens with zero attached hydrogens (tertiary/aromatic N) is 5. The molecule has 0 aliphatic heterocycles. The molecule has 0 spiro atoms. The lowest BCUT2D eigenvalue weighted by Gasteiger charge is -2.09. The van der Waals surface area contributed by atoms with Crippen molar-refractivity contribution in [3.8, 4) is 11.4 Å². The van der Waals surface area contributed by atoms with Gasteiger partial charge in [0.1, 0.15) is 17.2 Å². The second kappa shape index (κ2) is 11.9. The average Bonchev–Trinajstić information content (AvgIpc) is 3.71. The molecular formula is C25H24F6N8O2. The number of anilines is 2. The van der Waals surface area contributed by atoms with Crippen LogP contribution in [0.2, 0.25) is 0 Å². The summed E-state index contributed by atoms with van der Waals surface area (Å²) in [6.07, 6.45) is 1.21. The third-order valence-electron chi connectivity index (χ3n) is 6.36. The van der Waals surface area contributed by atoms with E-state index in [1.54, 1.807) is 5.10 Å². The summed E-state index contributed by atoms with van der Waals surface area (Å²) in [7, 11) is 0. The van der Waals surface area contributed by atoms with Crippen molar-refractivity contribution >= 4 is 22.4 Å². The highest BCUT2D eigenvalue weighted by Crippen LogP contribution is 2.34. The zero-order chi connectivity index (χ0) is 29.9. The number of nitrogens with one attached hydrogen (secondary N) is 1. The Hall–Kier alpha value is -4.50. The van der Waals surface area contributed by atoms with Gasteiger partial charge in [-0.2, -0.15) is 18.3 Å². The van der Waals surface area contributed by atoms with Crippen LogP contribution in [0.3, 0.4) is 0 Å². The molecule has 3 heterocycles. The lowest BCUT2D eigenvalue weighted by Crippen LogP contribution is -2.24. The number of alkyl halides is 5. The highest BCUT2D eigenvalue weighted by molar-refractivity contribution is 5.82. The largest absolute Gasteiger partial charge is 0.423 e. The van der Waals surface area contributed by atoms with Crippen LogP contribution in [0.5, 0.6) is 0 Å². The predicted molar refractivity (Wildman–Crippen MR) is 137 cm³/mol. The third-order valence-corrected chi connectivity index (χ3v) is 6.36. The monoisotopic (exact) mass is 582 g/mol. The number of hydrogen-bond donors (Lipinski definition) is 3. The fraction of sp³-hybridized carbons (Fsp3) is 0.360. The number of unbranched alkanes of at least 4 members (excludes halogenated alkanes) is 1. The molecule has 0 unspecified atom stereocenters. The van der Waals surface area contributed by atoms with Gasteiger partial charge in [-0.15, -0.1) is 0 Å². The number of fused-ring (bicyclic) bond motifs is 1. The fourth-order valence-corrected chi connectivity index (χ4v) is 4.04. The molecule has 3 aromatic heterocycles. The molecule has 0 bridgehead atoms. The Labute approximate surface area is 227 Å². The quantitative estimate of drug-likeness (QED) is 0.213. The molecule has 1 fully saturated rings. The molecule has 5 rings (SSSR count). The number of aromatic nitrogens is 6. The van der Waals surface area contributed by atoms with Crippen LogP contribution in [0.1, 0.15) is 49.7 Å². The molecule has 0 radical (unpaired) electrons. The van der Waals surface area contributed by atoms with Crippen molar-refractivity contribution < 1.29 is 26.3 Å². The zero-order valence-electron chi connectivity index (χ0n) is 21.3. The first-order valence-electron chi connectivity index (χ1n) is 12.4. The summed E-state index contributed by atoms with van der Waals surface area (Å²) >= 11 is 0. The smallest absolute Gasteiger partial charge is 0.397 e. The Kier molecular flexibility index (Phi) is 8.58. The number of rotatable bonds is 7. The van der Waals surface area contributed by atoms with Crippen molar-refractivity contribution in [1.29, 1.82) is 0 Å². The standard InChI is InChI=1S/C20H20F3N5O.C5H4F3N3O/c21-15-7-13-16(8-12(15)19-25-9-14(17(22)23)18(24)27-19)26-10-28(20(13)29)6-2-1-3-11-4-5-11;6-5(7,8)3-2(9)1-10-11-4(3)12/h7-11,17H,1-6H2,(H2,24,25,27);1H,(H3,9,11,12). The van der Waals surface area contributed by atoms with Crippen molar-refractivity contribution in [2.24, 2.45) is 5.92 Å². The topological polar surface area (TPSA) is 158 Å².